The third kappa shape index (κ3) is 1.95. The van der Waals surface area contributed by atoms with Crippen molar-refractivity contribution in [2.24, 2.45) is 0 Å². The van der Waals surface area contributed by atoms with Crippen LogP contribution in [0.4, 0.5) is 0 Å². The molecule has 0 amide bonds. The second kappa shape index (κ2) is 4.18. The maximum atomic E-state index is 11.4. The van der Waals surface area contributed by atoms with E-state index >= 15 is 0 Å². The third-order valence-corrected chi connectivity index (χ3v) is 2.05. The van der Waals surface area contributed by atoms with Crippen LogP contribution in [-0.4, -0.2) is 25.5 Å². The van der Waals surface area contributed by atoms with Crippen LogP contribution in [0.1, 0.15) is 0 Å². The highest BCUT2D eigenvalue weighted by Crippen LogP contribution is 2.17. The van der Waals surface area contributed by atoms with Crippen molar-refractivity contribution in [3.63, 3.8) is 0 Å². The Balaban J connectivity index is 3.20. The van der Waals surface area contributed by atoms with Crippen LogP contribution < -0.4 is 14.2 Å². The summed E-state index contributed by atoms with van der Waals surface area (Å²) in [5, 5.41) is 11.7. The molecule has 13 heavy (non-hydrogen) atoms. The minimum atomic E-state index is 0.177. The van der Waals surface area contributed by atoms with Crippen LogP contribution in [0.15, 0.2) is 11.2 Å². The van der Waals surface area contributed by atoms with Gasteiger partial charge >= 0.3 is 11.0 Å². The highest BCUT2D eigenvalue weighted by Gasteiger charge is 2.15. The maximum absolute atomic E-state index is 11.4. The molecule has 1 rings (SSSR count). The van der Waals surface area contributed by atoms with Gasteiger partial charge in [0.1, 0.15) is 6.07 Å². The summed E-state index contributed by atoms with van der Waals surface area (Å²) >= 11 is 1.23. The summed E-state index contributed by atoms with van der Waals surface area (Å²) in [4.78, 5) is 3.93. The van der Waals surface area contributed by atoms with Gasteiger partial charge in [0.05, 0.1) is 14.2 Å². The van der Waals surface area contributed by atoms with Gasteiger partial charge in [-0.2, -0.15) is 4.73 Å². The van der Waals surface area contributed by atoms with Crippen molar-refractivity contribution in [1.29, 1.82) is 0 Å². The van der Waals surface area contributed by atoms with Crippen molar-refractivity contribution in [2.75, 3.05) is 20.5 Å². The second-order valence-electron chi connectivity index (χ2n) is 2.12. The Morgan fingerprint density at radius 3 is 2.62 bits per heavy atom. The molecule has 0 aromatic carbocycles. The standard InChI is InChI=1S/C7H10N2O3S/c1-11-5-4-6(12-2)9(10)7(8-5)13-3/h4H,1-3H3. The van der Waals surface area contributed by atoms with Gasteiger partial charge < -0.3 is 14.7 Å². The lowest BCUT2D eigenvalue weighted by Crippen LogP contribution is -2.32. The molecule has 0 aliphatic heterocycles. The summed E-state index contributed by atoms with van der Waals surface area (Å²) in [5.41, 5.74) is 0. The van der Waals surface area contributed by atoms with Gasteiger partial charge in [-0.05, 0) is 18.0 Å². The fraction of sp³-hybridized carbons (Fsp3) is 0.429. The SMILES string of the molecule is COc1cc(OC)[n+]([O-])c(SC)n1. The molecule has 6 heteroatoms. The van der Waals surface area contributed by atoms with E-state index in [2.05, 4.69) is 4.98 Å². The summed E-state index contributed by atoms with van der Waals surface area (Å²) in [5.74, 6) is 0.546. The van der Waals surface area contributed by atoms with Gasteiger partial charge in [-0.25, -0.2) is 0 Å². The van der Waals surface area contributed by atoms with Crippen molar-refractivity contribution in [3.05, 3.63) is 11.3 Å². The van der Waals surface area contributed by atoms with Crippen LogP contribution in [-0.2, 0) is 0 Å². The number of ether oxygens (including phenoxy) is 2. The van der Waals surface area contributed by atoms with Crippen molar-refractivity contribution < 1.29 is 14.2 Å². The molecule has 72 valence electrons. The summed E-state index contributed by atoms with van der Waals surface area (Å²) in [6.45, 7) is 0. The van der Waals surface area contributed by atoms with Crippen LogP contribution in [0.3, 0.4) is 0 Å². The van der Waals surface area contributed by atoms with E-state index in [9.17, 15) is 5.21 Å². The molecule has 0 spiro atoms. The smallest absolute Gasteiger partial charge is 0.369 e. The molecule has 1 aromatic rings. The van der Waals surface area contributed by atoms with Crippen molar-refractivity contribution >= 4 is 11.8 Å². The molecule has 0 radical (unpaired) electrons. The zero-order valence-corrected chi connectivity index (χ0v) is 8.42. The van der Waals surface area contributed by atoms with E-state index in [1.807, 2.05) is 0 Å². The minimum Gasteiger partial charge on any atom is -0.708 e. The predicted octanol–water partition coefficient (Wildman–Crippen LogP) is 0.454. The van der Waals surface area contributed by atoms with E-state index in [0.29, 0.717) is 15.8 Å². The van der Waals surface area contributed by atoms with E-state index < -0.39 is 0 Å². The minimum absolute atomic E-state index is 0.177. The van der Waals surface area contributed by atoms with E-state index in [0.717, 1.165) is 0 Å². The first-order valence-electron chi connectivity index (χ1n) is 3.49. The zero-order chi connectivity index (χ0) is 9.84. The van der Waals surface area contributed by atoms with Gasteiger partial charge in [-0.15, -0.1) is 0 Å². The average molecular weight is 202 g/mol. The molecule has 1 aromatic heterocycles. The first-order valence-corrected chi connectivity index (χ1v) is 4.72. The monoisotopic (exact) mass is 202 g/mol. The lowest BCUT2D eigenvalue weighted by molar-refractivity contribution is -0.656. The number of methoxy groups -OCH3 is 2. The van der Waals surface area contributed by atoms with Gasteiger partial charge in [-0.1, -0.05) is 0 Å². The molecule has 0 atom stereocenters. The molecule has 5 nitrogen and oxygen atoms in total. The van der Waals surface area contributed by atoms with E-state index in [1.165, 1.54) is 32.0 Å². The van der Waals surface area contributed by atoms with Gasteiger partial charge in [0.2, 0.25) is 0 Å². The molecule has 0 saturated heterocycles. The van der Waals surface area contributed by atoms with E-state index in [4.69, 9.17) is 9.47 Å². The van der Waals surface area contributed by atoms with Crippen LogP contribution in [0.2, 0.25) is 0 Å². The largest absolute Gasteiger partial charge is 0.708 e. The Morgan fingerprint density at radius 2 is 2.15 bits per heavy atom. The van der Waals surface area contributed by atoms with Crippen LogP contribution in [0.5, 0.6) is 11.8 Å². The highest BCUT2D eigenvalue weighted by atomic mass is 32.2. The van der Waals surface area contributed by atoms with Gasteiger partial charge in [0, 0.05) is 4.98 Å². The molecular weight excluding hydrogens is 192 g/mol. The van der Waals surface area contributed by atoms with Crippen molar-refractivity contribution in [2.45, 2.75) is 5.16 Å². The quantitative estimate of drug-likeness (QED) is 0.308. The number of thioether (sulfide) groups is 1. The number of nitrogens with zero attached hydrogens (tertiary/aromatic N) is 2. The molecule has 0 N–H and O–H groups in total. The molecular formula is C7H10N2O3S. The Morgan fingerprint density at radius 1 is 1.46 bits per heavy atom. The van der Waals surface area contributed by atoms with Gasteiger partial charge in [0.25, 0.3) is 5.88 Å². The van der Waals surface area contributed by atoms with Gasteiger partial charge in [0.15, 0.2) is 0 Å². The Bertz CT molecular complexity index is 281. The fourth-order valence-corrected chi connectivity index (χ4v) is 1.24. The normalized spacial score (nSPS) is 9.77. The Kier molecular flexibility index (Phi) is 3.18. The number of hydrogen-bond donors (Lipinski definition) is 0. The van der Waals surface area contributed by atoms with Crippen LogP contribution in [0.25, 0.3) is 0 Å². The molecule has 1 heterocycles. The number of rotatable bonds is 3. The van der Waals surface area contributed by atoms with Gasteiger partial charge in [-0.3, -0.25) is 0 Å². The highest BCUT2D eigenvalue weighted by molar-refractivity contribution is 7.98. The van der Waals surface area contributed by atoms with E-state index in [1.54, 1.807) is 6.26 Å². The molecule has 0 bridgehead atoms. The average Bonchev–Trinajstić information content (AvgIpc) is 2.18. The van der Waals surface area contributed by atoms with Crippen molar-refractivity contribution in [3.8, 4) is 11.8 Å². The first kappa shape index (κ1) is 9.91. The molecule has 0 aliphatic carbocycles. The van der Waals surface area contributed by atoms with Crippen LogP contribution >= 0.6 is 11.8 Å². The second-order valence-corrected chi connectivity index (χ2v) is 2.90. The lowest BCUT2D eigenvalue weighted by Gasteiger charge is -2.09. The molecule has 0 fully saturated rings. The summed E-state index contributed by atoms with van der Waals surface area (Å²) in [6, 6.07) is 1.44. The topological polar surface area (TPSA) is 58.3 Å². The Labute approximate surface area is 80.3 Å². The lowest BCUT2D eigenvalue weighted by atomic mass is 10.6. The first-order chi connectivity index (χ1) is 6.22. The van der Waals surface area contributed by atoms with Crippen LogP contribution in [0, 0.1) is 5.21 Å². The predicted molar refractivity (Wildman–Crippen MR) is 48.1 cm³/mol. The maximum Gasteiger partial charge on any atom is 0.369 e. The third-order valence-electron chi connectivity index (χ3n) is 1.43. The zero-order valence-electron chi connectivity index (χ0n) is 7.60. The molecule has 0 unspecified atom stereocenters. The number of aromatic nitrogens is 2. The molecule has 0 aliphatic rings. The number of hydrogen-bond acceptors (Lipinski definition) is 5. The summed E-state index contributed by atoms with van der Waals surface area (Å²) in [6.07, 6.45) is 1.76. The summed E-state index contributed by atoms with van der Waals surface area (Å²) in [7, 11) is 2.91. The Hall–Kier alpha value is -1.17. The summed E-state index contributed by atoms with van der Waals surface area (Å²) < 4.78 is 10.4. The molecule has 0 saturated carbocycles. The fourth-order valence-electron chi connectivity index (χ4n) is 0.805. The van der Waals surface area contributed by atoms with E-state index in [-0.39, 0.29) is 5.88 Å². The van der Waals surface area contributed by atoms with Crippen molar-refractivity contribution in [1.82, 2.24) is 4.98 Å².